The van der Waals surface area contributed by atoms with Crippen molar-refractivity contribution >= 4 is 39.2 Å². The molecule has 1 aliphatic rings. The van der Waals surface area contributed by atoms with E-state index in [9.17, 15) is 4.79 Å². The lowest BCUT2D eigenvalue weighted by molar-refractivity contribution is -0.132. The van der Waals surface area contributed by atoms with Gasteiger partial charge in [-0.3, -0.25) is 4.79 Å². The molecule has 0 saturated carbocycles. The molecule has 0 bridgehead atoms. The number of thiazole rings is 1. The lowest BCUT2D eigenvalue weighted by Gasteiger charge is -2.34. The Balaban J connectivity index is 1.43. The molecule has 136 valence electrons. The van der Waals surface area contributed by atoms with E-state index in [2.05, 4.69) is 16.2 Å². The number of hydrogen-bond donors (Lipinski definition) is 0. The molecule has 0 aliphatic carbocycles. The summed E-state index contributed by atoms with van der Waals surface area (Å²) in [7, 11) is 0. The Kier molecular flexibility index (Phi) is 5.21. The van der Waals surface area contributed by atoms with Gasteiger partial charge in [0, 0.05) is 13.5 Å². The molecule has 1 saturated heterocycles. The summed E-state index contributed by atoms with van der Waals surface area (Å²) < 4.78 is 6.15. The summed E-state index contributed by atoms with van der Waals surface area (Å²) in [5.74, 6) is 2.37. The summed E-state index contributed by atoms with van der Waals surface area (Å²) in [6.45, 7) is 2.57. The second-order valence-electron chi connectivity index (χ2n) is 6.34. The number of aromatic nitrogens is 3. The number of carbonyl (C=O) groups is 1. The molecule has 3 aromatic rings. The van der Waals surface area contributed by atoms with E-state index in [0.29, 0.717) is 23.2 Å². The average molecular weight is 389 g/mol. The Labute approximate surface area is 160 Å². The standard InChI is InChI=1S/C18H20N4O2S2/c1-12-19-16(21-24-12)10-25-11-17(23)22-9-5-4-7-14(22)18-20-13-6-2-3-8-15(13)26-18/h2-3,6,8,14H,4-5,7,9-11H2,1H3/t14-/m1/s1. The molecule has 2 aromatic heterocycles. The van der Waals surface area contributed by atoms with Gasteiger partial charge in [-0.15, -0.1) is 23.1 Å². The van der Waals surface area contributed by atoms with Crippen LogP contribution in [0.3, 0.4) is 0 Å². The van der Waals surface area contributed by atoms with Gasteiger partial charge in [0.2, 0.25) is 11.8 Å². The van der Waals surface area contributed by atoms with E-state index >= 15 is 0 Å². The Morgan fingerprint density at radius 3 is 3.04 bits per heavy atom. The van der Waals surface area contributed by atoms with Gasteiger partial charge in [-0.2, -0.15) is 4.98 Å². The van der Waals surface area contributed by atoms with Gasteiger partial charge in [0.1, 0.15) is 5.01 Å². The zero-order valence-electron chi connectivity index (χ0n) is 14.6. The van der Waals surface area contributed by atoms with Crippen LogP contribution < -0.4 is 0 Å². The van der Waals surface area contributed by atoms with E-state index in [-0.39, 0.29) is 11.9 Å². The Morgan fingerprint density at radius 1 is 1.35 bits per heavy atom. The van der Waals surface area contributed by atoms with Gasteiger partial charge in [-0.05, 0) is 31.4 Å². The molecule has 1 aromatic carbocycles. The molecule has 1 atom stereocenters. The number of benzene rings is 1. The fourth-order valence-electron chi connectivity index (χ4n) is 3.23. The molecule has 0 spiro atoms. The largest absolute Gasteiger partial charge is 0.340 e. The number of aryl methyl sites for hydroxylation is 1. The number of piperidine rings is 1. The third-order valence-corrected chi connectivity index (χ3v) is 6.50. The first-order valence-electron chi connectivity index (χ1n) is 8.72. The van der Waals surface area contributed by atoms with E-state index in [1.165, 1.54) is 16.5 Å². The Morgan fingerprint density at radius 2 is 2.23 bits per heavy atom. The van der Waals surface area contributed by atoms with Crippen LogP contribution in [0.25, 0.3) is 10.2 Å². The Hall–Kier alpha value is -1.93. The molecule has 0 radical (unpaired) electrons. The topological polar surface area (TPSA) is 72.1 Å². The highest BCUT2D eigenvalue weighted by molar-refractivity contribution is 7.99. The minimum Gasteiger partial charge on any atom is -0.340 e. The quantitative estimate of drug-likeness (QED) is 0.658. The van der Waals surface area contributed by atoms with E-state index in [1.54, 1.807) is 18.3 Å². The fourth-order valence-corrected chi connectivity index (χ4v) is 5.09. The predicted molar refractivity (Wildman–Crippen MR) is 103 cm³/mol. The molecule has 4 rings (SSSR count). The molecule has 3 heterocycles. The smallest absolute Gasteiger partial charge is 0.233 e. The van der Waals surface area contributed by atoms with Gasteiger partial charge in [0.05, 0.1) is 27.8 Å². The average Bonchev–Trinajstić information content (AvgIpc) is 3.27. The molecule has 6 nitrogen and oxygen atoms in total. The number of thioether (sulfide) groups is 1. The summed E-state index contributed by atoms with van der Waals surface area (Å²) in [4.78, 5) is 23.8. The van der Waals surface area contributed by atoms with Crippen LogP contribution in [0.4, 0.5) is 0 Å². The van der Waals surface area contributed by atoms with Crippen molar-refractivity contribution in [2.24, 2.45) is 0 Å². The fraction of sp³-hybridized carbons (Fsp3) is 0.444. The van der Waals surface area contributed by atoms with E-state index in [4.69, 9.17) is 9.51 Å². The van der Waals surface area contributed by atoms with Crippen molar-refractivity contribution in [3.05, 3.63) is 41.0 Å². The normalized spacial score (nSPS) is 17.7. The molecule has 26 heavy (non-hydrogen) atoms. The maximum atomic E-state index is 12.8. The van der Waals surface area contributed by atoms with Crippen molar-refractivity contribution < 1.29 is 9.32 Å². The highest BCUT2D eigenvalue weighted by atomic mass is 32.2. The third kappa shape index (κ3) is 3.76. The molecule has 0 N–H and O–H groups in total. The second-order valence-corrected chi connectivity index (χ2v) is 8.39. The lowest BCUT2D eigenvalue weighted by Crippen LogP contribution is -2.39. The van der Waals surface area contributed by atoms with E-state index in [0.717, 1.165) is 36.3 Å². The summed E-state index contributed by atoms with van der Waals surface area (Å²) in [6.07, 6.45) is 3.18. The predicted octanol–water partition coefficient (Wildman–Crippen LogP) is 3.97. The molecule has 0 unspecified atom stereocenters. The van der Waals surface area contributed by atoms with Crippen LogP contribution in [-0.4, -0.2) is 38.2 Å². The van der Waals surface area contributed by atoms with Crippen LogP contribution in [0, 0.1) is 6.92 Å². The van der Waals surface area contributed by atoms with Crippen molar-refractivity contribution in [2.75, 3.05) is 12.3 Å². The SMILES string of the molecule is Cc1nc(CSCC(=O)N2CCCC[C@@H]2c2nc3ccccc3s2)no1. The summed E-state index contributed by atoms with van der Waals surface area (Å²) in [5, 5.41) is 4.93. The van der Waals surface area contributed by atoms with Gasteiger partial charge >= 0.3 is 0 Å². The first-order valence-corrected chi connectivity index (χ1v) is 10.7. The van der Waals surface area contributed by atoms with E-state index in [1.807, 2.05) is 23.1 Å². The number of amides is 1. The van der Waals surface area contributed by atoms with Crippen molar-refractivity contribution in [2.45, 2.75) is 38.0 Å². The molecular weight excluding hydrogens is 368 g/mol. The van der Waals surface area contributed by atoms with Crippen LogP contribution in [0.2, 0.25) is 0 Å². The highest BCUT2D eigenvalue weighted by Gasteiger charge is 2.30. The first kappa shape index (κ1) is 17.5. The van der Waals surface area contributed by atoms with Gasteiger partial charge in [0.25, 0.3) is 0 Å². The molecule has 1 fully saturated rings. The number of hydrogen-bond acceptors (Lipinski definition) is 7. The van der Waals surface area contributed by atoms with Crippen molar-refractivity contribution in [3.63, 3.8) is 0 Å². The van der Waals surface area contributed by atoms with Gasteiger partial charge in [-0.1, -0.05) is 17.3 Å². The summed E-state index contributed by atoms with van der Waals surface area (Å²) >= 11 is 3.23. The number of likely N-dealkylation sites (tertiary alicyclic amines) is 1. The Bertz CT molecular complexity index is 874. The number of rotatable bonds is 5. The van der Waals surface area contributed by atoms with Crippen LogP contribution in [0.5, 0.6) is 0 Å². The second kappa shape index (κ2) is 7.75. The van der Waals surface area contributed by atoms with Crippen molar-refractivity contribution in [1.82, 2.24) is 20.0 Å². The minimum absolute atomic E-state index is 0.0988. The third-order valence-electron chi connectivity index (χ3n) is 4.44. The minimum atomic E-state index is 0.0988. The van der Waals surface area contributed by atoms with Crippen LogP contribution in [-0.2, 0) is 10.5 Å². The monoisotopic (exact) mass is 388 g/mol. The maximum Gasteiger partial charge on any atom is 0.233 e. The van der Waals surface area contributed by atoms with Crippen LogP contribution in [0.15, 0.2) is 28.8 Å². The van der Waals surface area contributed by atoms with Crippen LogP contribution >= 0.6 is 23.1 Å². The zero-order chi connectivity index (χ0) is 17.9. The number of fused-ring (bicyclic) bond motifs is 1. The number of para-hydroxylation sites is 1. The van der Waals surface area contributed by atoms with Gasteiger partial charge in [0.15, 0.2) is 5.82 Å². The zero-order valence-corrected chi connectivity index (χ0v) is 16.2. The number of nitrogens with zero attached hydrogens (tertiary/aromatic N) is 4. The maximum absolute atomic E-state index is 12.8. The van der Waals surface area contributed by atoms with Crippen molar-refractivity contribution in [3.8, 4) is 0 Å². The number of carbonyl (C=O) groups excluding carboxylic acids is 1. The van der Waals surface area contributed by atoms with Crippen molar-refractivity contribution in [1.29, 1.82) is 0 Å². The highest BCUT2D eigenvalue weighted by Crippen LogP contribution is 2.36. The molecule has 1 aliphatic heterocycles. The van der Waals surface area contributed by atoms with Gasteiger partial charge in [-0.25, -0.2) is 4.98 Å². The van der Waals surface area contributed by atoms with Gasteiger partial charge < -0.3 is 9.42 Å². The van der Waals surface area contributed by atoms with Crippen LogP contribution in [0.1, 0.15) is 42.0 Å². The first-order chi connectivity index (χ1) is 12.7. The summed E-state index contributed by atoms with van der Waals surface area (Å²) in [5.41, 5.74) is 1.02. The molecule has 8 heteroatoms. The summed E-state index contributed by atoms with van der Waals surface area (Å²) in [6, 6.07) is 8.26. The molecule has 1 amide bonds. The lowest BCUT2D eigenvalue weighted by atomic mass is 10.0. The molecular formula is C18H20N4O2S2. The van der Waals surface area contributed by atoms with E-state index < -0.39 is 0 Å².